The van der Waals surface area contributed by atoms with Gasteiger partial charge in [0.25, 0.3) is 0 Å². The average molecular weight is 236 g/mol. The molecule has 0 aliphatic rings. The van der Waals surface area contributed by atoms with Gasteiger partial charge in [0.2, 0.25) is 0 Å². The standard InChI is InChI=1S/C11H14O3.Ca.2H/c1-2-3-8-14-11(13)9-6-4-5-7-10(9)12;;;/h4-7,12H,2-3,8H2,1H3;;;/q;+2;2*-1. The number of benzene rings is 1. The second-order valence-electron chi connectivity index (χ2n) is 3.01. The molecule has 0 atom stereocenters. The molecule has 0 unspecified atom stereocenters. The number of rotatable bonds is 4. The summed E-state index contributed by atoms with van der Waals surface area (Å²) < 4.78 is 4.95. The van der Waals surface area contributed by atoms with E-state index in [2.05, 4.69) is 0 Å². The van der Waals surface area contributed by atoms with Gasteiger partial charge < -0.3 is 12.7 Å². The van der Waals surface area contributed by atoms with E-state index >= 15 is 0 Å². The van der Waals surface area contributed by atoms with E-state index in [9.17, 15) is 9.90 Å². The fraction of sp³-hybridized carbons (Fsp3) is 0.364. The van der Waals surface area contributed by atoms with Gasteiger partial charge >= 0.3 is 43.7 Å². The predicted octanol–water partition coefficient (Wildman–Crippen LogP) is 2.19. The molecule has 1 aromatic rings. The van der Waals surface area contributed by atoms with Crippen LogP contribution in [-0.4, -0.2) is 55.4 Å². The molecule has 0 fully saturated rings. The molecule has 0 aliphatic carbocycles. The van der Waals surface area contributed by atoms with Gasteiger partial charge in [-0.2, -0.15) is 0 Å². The van der Waals surface area contributed by atoms with Crippen molar-refractivity contribution in [3.63, 3.8) is 0 Å². The SMILES string of the molecule is CCCCOC(=O)c1ccccc1O.[Ca+2].[H-].[H-]. The average Bonchev–Trinajstić information content (AvgIpc) is 2.18. The molecule has 1 rings (SSSR count). The van der Waals surface area contributed by atoms with Crippen molar-refractivity contribution in [1.29, 1.82) is 0 Å². The van der Waals surface area contributed by atoms with Crippen LogP contribution in [0.2, 0.25) is 0 Å². The molecule has 4 heteroatoms. The van der Waals surface area contributed by atoms with Crippen molar-refractivity contribution in [3.05, 3.63) is 29.8 Å². The van der Waals surface area contributed by atoms with Crippen molar-refractivity contribution in [1.82, 2.24) is 0 Å². The Bertz CT molecular complexity index is 321. The second kappa shape index (κ2) is 7.97. The summed E-state index contributed by atoms with van der Waals surface area (Å²) in [4.78, 5) is 11.4. The molecule has 80 valence electrons. The number of esters is 1. The Hall–Kier alpha value is -0.250. The van der Waals surface area contributed by atoms with E-state index in [0.29, 0.717) is 6.61 Å². The van der Waals surface area contributed by atoms with Crippen LogP contribution in [0.4, 0.5) is 0 Å². The number of carbonyl (C=O) groups is 1. The molecule has 0 saturated carbocycles. The number of hydrogen-bond acceptors (Lipinski definition) is 3. The van der Waals surface area contributed by atoms with E-state index in [1.54, 1.807) is 18.2 Å². The molecule has 3 nitrogen and oxygen atoms in total. The summed E-state index contributed by atoms with van der Waals surface area (Å²) in [6.45, 7) is 2.43. The van der Waals surface area contributed by atoms with Gasteiger partial charge in [0, 0.05) is 0 Å². The van der Waals surface area contributed by atoms with Gasteiger partial charge in [0.05, 0.1) is 6.61 Å². The van der Waals surface area contributed by atoms with Crippen LogP contribution >= 0.6 is 0 Å². The zero-order chi connectivity index (χ0) is 10.4. The minimum absolute atomic E-state index is 0. The molecule has 0 aromatic heterocycles. The number of unbranched alkanes of at least 4 members (excludes halogenated alkanes) is 1. The van der Waals surface area contributed by atoms with Gasteiger partial charge in [0.1, 0.15) is 11.3 Å². The van der Waals surface area contributed by atoms with Gasteiger partial charge in [0.15, 0.2) is 0 Å². The van der Waals surface area contributed by atoms with Gasteiger partial charge in [-0.25, -0.2) is 4.79 Å². The molecule has 0 aliphatic heterocycles. The quantitative estimate of drug-likeness (QED) is 0.495. The number of phenolic OH excluding ortho intramolecular Hbond substituents is 1. The third-order valence-corrected chi connectivity index (χ3v) is 1.86. The Kier molecular flexibility index (Phi) is 7.83. The van der Waals surface area contributed by atoms with Crippen LogP contribution in [0.5, 0.6) is 5.75 Å². The largest absolute Gasteiger partial charge is 2.00 e. The maximum atomic E-state index is 11.4. The Morgan fingerprint density at radius 2 is 2.13 bits per heavy atom. The van der Waals surface area contributed by atoms with Crippen LogP contribution in [-0.2, 0) is 4.74 Å². The van der Waals surface area contributed by atoms with Gasteiger partial charge in [-0.05, 0) is 18.6 Å². The van der Waals surface area contributed by atoms with Crippen molar-refractivity contribution in [2.75, 3.05) is 6.61 Å². The van der Waals surface area contributed by atoms with Crippen LogP contribution in [0, 0.1) is 0 Å². The van der Waals surface area contributed by atoms with Crippen molar-refractivity contribution < 1.29 is 17.5 Å². The number of para-hydroxylation sites is 1. The smallest absolute Gasteiger partial charge is 1.00 e. The molecule has 0 radical (unpaired) electrons. The normalized spacial score (nSPS) is 9.13. The third-order valence-electron chi connectivity index (χ3n) is 1.86. The predicted molar refractivity (Wildman–Crippen MR) is 61.3 cm³/mol. The molecule has 0 saturated heterocycles. The zero-order valence-corrected chi connectivity index (χ0v) is 11.1. The summed E-state index contributed by atoms with van der Waals surface area (Å²) in [5.74, 6) is -0.495. The molecule has 1 aromatic carbocycles. The summed E-state index contributed by atoms with van der Waals surface area (Å²) in [5, 5.41) is 9.34. The van der Waals surface area contributed by atoms with E-state index in [0.717, 1.165) is 12.8 Å². The Morgan fingerprint density at radius 1 is 1.47 bits per heavy atom. The minimum atomic E-state index is -0.462. The van der Waals surface area contributed by atoms with Crippen molar-refractivity contribution in [2.45, 2.75) is 19.8 Å². The van der Waals surface area contributed by atoms with E-state index in [1.807, 2.05) is 6.92 Å². The molecule has 0 amide bonds. The first kappa shape index (κ1) is 14.7. The summed E-state index contributed by atoms with van der Waals surface area (Å²) in [6, 6.07) is 6.37. The number of ether oxygens (including phenoxy) is 1. The molecule has 0 bridgehead atoms. The maximum absolute atomic E-state index is 11.4. The monoisotopic (exact) mass is 236 g/mol. The summed E-state index contributed by atoms with van der Waals surface area (Å²) >= 11 is 0. The topological polar surface area (TPSA) is 46.5 Å². The van der Waals surface area contributed by atoms with Crippen molar-refractivity contribution >= 4 is 43.7 Å². The maximum Gasteiger partial charge on any atom is 2.00 e. The van der Waals surface area contributed by atoms with Crippen molar-refractivity contribution in [3.8, 4) is 5.75 Å². The number of carbonyl (C=O) groups excluding carboxylic acids is 1. The second-order valence-corrected chi connectivity index (χ2v) is 3.01. The fourth-order valence-electron chi connectivity index (χ4n) is 1.03. The first-order valence-electron chi connectivity index (χ1n) is 4.70. The van der Waals surface area contributed by atoms with Crippen LogP contribution in [0.25, 0.3) is 0 Å². The molecule has 0 spiro atoms. The molecule has 0 heterocycles. The molecular weight excluding hydrogens is 220 g/mol. The number of phenols is 1. The Balaban J connectivity index is -0.000000653. The van der Waals surface area contributed by atoms with Crippen LogP contribution in [0.1, 0.15) is 33.0 Å². The van der Waals surface area contributed by atoms with Crippen LogP contribution in [0.15, 0.2) is 24.3 Å². The van der Waals surface area contributed by atoms with Gasteiger partial charge in [-0.15, -0.1) is 0 Å². The number of aromatic hydroxyl groups is 1. The minimum Gasteiger partial charge on any atom is -1.00 e. The Labute approximate surface area is 122 Å². The fourth-order valence-corrected chi connectivity index (χ4v) is 1.03. The van der Waals surface area contributed by atoms with Crippen LogP contribution in [0.3, 0.4) is 0 Å². The molecular formula is C11H16CaO3. The third kappa shape index (κ3) is 4.87. The van der Waals surface area contributed by atoms with Crippen molar-refractivity contribution in [2.24, 2.45) is 0 Å². The van der Waals surface area contributed by atoms with E-state index in [1.165, 1.54) is 6.07 Å². The first-order chi connectivity index (χ1) is 6.75. The molecule has 15 heavy (non-hydrogen) atoms. The van der Waals surface area contributed by atoms with E-state index < -0.39 is 5.97 Å². The number of hydrogen-bond donors (Lipinski definition) is 1. The summed E-state index contributed by atoms with van der Waals surface area (Å²) in [6.07, 6.45) is 1.83. The summed E-state index contributed by atoms with van der Waals surface area (Å²) in [5.41, 5.74) is 0.226. The van der Waals surface area contributed by atoms with E-state index in [4.69, 9.17) is 4.74 Å². The van der Waals surface area contributed by atoms with Gasteiger partial charge in [-0.1, -0.05) is 25.5 Å². The van der Waals surface area contributed by atoms with Crippen LogP contribution < -0.4 is 0 Å². The molecule has 1 N–H and O–H groups in total. The Morgan fingerprint density at radius 3 is 2.73 bits per heavy atom. The van der Waals surface area contributed by atoms with Gasteiger partial charge in [-0.3, -0.25) is 0 Å². The zero-order valence-electron chi connectivity index (χ0n) is 10.9. The van der Waals surface area contributed by atoms with E-state index in [-0.39, 0.29) is 51.9 Å². The summed E-state index contributed by atoms with van der Waals surface area (Å²) in [7, 11) is 0. The first-order valence-corrected chi connectivity index (χ1v) is 4.70.